The molecule has 1 aliphatic heterocycles. The largest absolute Gasteiger partial charge is 0.490 e. The molecular formula is C27H25N3O3. The summed E-state index contributed by atoms with van der Waals surface area (Å²) >= 11 is 0. The van der Waals surface area contributed by atoms with Gasteiger partial charge >= 0.3 is 0 Å². The number of para-hydroxylation sites is 3. The zero-order valence-electron chi connectivity index (χ0n) is 18.3. The molecule has 2 aromatic heterocycles. The SMILES string of the molecule is O=C(c1ccc2ccccc2n1)N1CCCCCOc2ccccc2Oc2ncccc2C1. The van der Waals surface area contributed by atoms with E-state index in [1.165, 1.54) is 0 Å². The van der Waals surface area contributed by atoms with Crippen LogP contribution in [0.3, 0.4) is 0 Å². The van der Waals surface area contributed by atoms with Gasteiger partial charge in [-0.2, -0.15) is 0 Å². The first-order chi connectivity index (χ1) is 16.3. The first-order valence-electron chi connectivity index (χ1n) is 11.3. The molecule has 6 nitrogen and oxygen atoms in total. The monoisotopic (exact) mass is 439 g/mol. The third-order valence-electron chi connectivity index (χ3n) is 5.70. The number of rotatable bonds is 1. The van der Waals surface area contributed by atoms with Crippen LogP contribution in [0.1, 0.15) is 35.3 Å². The lowest BCUT2D eigenvalue weighted by atomic mass is 10.1. The molecule has 5 rings (SSSR count). The van der Waals surface area contributed by atoms with Gasteiger partial charge in [-0.15, -0.1) is 0 Å². The Hall–Kier alpha value is -3.93. The number of nitrogens with zero attached hydrogens (tertiary/aromatic N) is 3. The van der Waals surface area contributed by atoms with E-state index in [2.05, 4.69) is 9.97 Å². The van der Waals surface area contributed by atoms with E-state index >= 15 is 0 Å². The molecule has 2 aromatic carbocycles. The summed E-state index contributed by atoms with van der Waals surface area (Å²) in [6.07, 6.45) is 4.42. The zero-order valence-corrected chi connectivity index (χ0v) is 18.3. The molecule has 0 saturated carbocycles. The molecule has 6 heteroatoms. The van der Waals surface area contributed by atoms with E-state index in [0.29, 0.717) is 42.8 Å². The number of carbonyl (C=O) groups is 1. The molecule has 4 aromatic rings. The number of fused-ring (bicyclic) bond motifs is 3. The fourth-order valence-electron chi connectivity index (χ4n) is 3.96. The van der Waals surface area contributed by atoms with Gasteiger partial charge in [-0.25, -0.2) is 9.97 Å². The van der Waals surface area contributed by atoms with Crippen LogP contribution in [0.25, 0.3) is 10.9 Å². The number of aromatic nitrogens is 2. The van der Waals surface area contributed by atoms with Crippen molar-refractivity contribution in [3.8, 4) is 17.4 Å². The predicted molar refractivity (Wildman–Crippen MR) is 127 cm³/mol. The Kier molecular flexibility index (Phi) is 6.15. The quantitative estimate of drug-likeness (QED) is 0.385. The number of hydrogen-bond donors (Lipinski definition) is 0. The predicted octanol–water partition coefficient (Wildman–Crippen LogP) is 5.63. The van der Waals surface area contributed by atoms with Gasteiger partial charge in [-0.1, -0.05) is 42.5 Å². The van der Waals surface area contributed by atoms with E-state index in [0.717, 1.165) is 35.7 Å². The molecule has 166 valence electrons. The third kappa shape index (κ3) is 4.80. The Balaban J connectivity index is 1.47. The summed E-state index contributed by atoms with van der Waals surface area (Å²) < 4.78 is 12.1. The van der Waals surface area contributed by atoms with Gasteiger partial charge in [0, 0.05) is 23.7 Å². The summed E-state index contributed by atoms with van der Waals surface area (Å²) in [7, 11) is 0. The maximum atomic E-state index is 13.5. The van der Waals surface area contributed by atoms with Crippen LogP contribution in [-0.2, 0) is 6.54 Å². The molecule has 1 amide bonds. The lowest BCUT2D eigenvalue weighted by molar-refractivity contribution is 0.0733. The highest BCUT2D eigenvalue weighted by atomic mass is 16.5. The molecule has 0 spiro atoms. The standard InChI is InChI=1S/C27H25N3O3/c31-27(23-15-14-20-9-2-3-11-22(20)29-23)30-17-6-1-7-18-32-24-12-4-5-13-25(24)33-26-21(19-30)10-8-16-28-26/h2-5,8-16H,1,6-7,17-19H2. The molecule has 1 aliphatic rings. The van der Waals surface area contributed by atoms with Crippen molar-refractivity contribution in [1.29, 1.82) is 0 Å². The van der Waals surface area contributed by atoms with E-state index in [1.54, 1.807) is 12.3 Å². The molecule has 0 atom stereocenters. The van der Waals surface area contributed by atoms with E-state index in [-0.39, 0.29) is 5.91 Å². The van der Waals surface area contributed by atoms with Crippen molar-refractivity contribution < 1.29 is 14.3 Å². The number of pyridine rings is 2. The summed E-state index contributed by atoms with van der Waals surface area (Å²) in [5, 5.41) is 1.01. The molecule has 0 N–H and O–H groups in total. The van der Waals surface area contributed by atoms with Crippen molar-refractivity contribution in [3.05, 3.63) is 90.3 Å². The second-order valence-electron chi connectivity index (χ2n) is 8.04. The average Bonchev–Trinajstić information content (AvgIpc) is 2.87. The van der Waals surface area contributed by atoms with Gasteiger partial charge in [0.1, 0.15) is 5.69 Å². The average molecular weight is 440 g/mol. The van der Waals surface area contributed by atoms with Gasteiger partial charge < -0.3 is 14.4 Å². The van der Waals surface area contributed by atoms with Gasteiger partial charge in [0.2, 0.25) is 5.88 Å². The Bertz CT molecular complexity index is 1270. The summed E-state index contributed by atoms with van der Waals surface area (Å²) in [4.78, 5) is 24.4. The summed E-state index contributed by atoms with van der Waals surface area (Å²) in [6.45, 7) is 1.60. The minimum absolute atomic E-state index is 0.0953. The highest BCUT2D eigenvalue weighted by molar-refractivity contribution is 5.94. The smallest absolute Gasteiger partial charge is 0.272 e. The maximum absolute atomic E-state index is 13.5. The van der Waals surface area contributed by atoms with Gasteiger partial charge in [0.15, 0.2) is 11.5 Å². The maximum Gasteiger partial charge on any atom is 0.272 e. The fraction of sp³-hybridized carbons (Fsp3) is 0.222. The first-order valence-corrected chi connectivity index (χ1v) is 11.3. The molecular weight excluding hydrogens is 414 g/mol. The van der Waals surface area contributed by atoms with Crippen molar-refractivity contribution in [2.75, 3.05) is 13.2 Å². The first kappa shape index (κ1) is 20.9. The Morgan fingerprint density at radius 3 is 2.64 bits per heavy atom. The second-order valence-corrected chi connectivity index (χ2v) is 8.04. The summed E-state index contributed by atoms with van der Waals surface area (Å²) in [6, 6.07) is 23.0. The van der Waals surface area contributed by atoms with Crippen LogP contribution in [0.2, 0.25) is 0 Å². The van der Waals surface area contributed by atoms with Crippen LogP contribution in [-0.4, -0.2) is 33.9 Å². The lowest BCUT2D eigenvalue weighted by Gasteiger charge is -2.23. The number of carbonyl (C=O) groups excluding carboxylic acids is 1. The number of amides is 1. The molecule has 0 radical (unpaired) electrons. The van der Waals surface area contributed by atoms with Crippen molar-refractivity contribution in [1.82, 2.24) is 14.9 Å². The molecule has 0 bridgehead atoms. The van der Waals surface area contributed by atoms with Gasteiger partial charge in [-0.05, 0) is 49.6 Å². The fourth-order valence-corrected chi connectivity index (χ4v) is 3.96. The number of ether oxygens (including phenoxy) is 2. The molecule has 0 saturated heterocycles. The van der Waals surface area contributed by atoms with Crippen LogP contribution in [0.4, 0.5) is 0 Å². The van der Waals surface area contributed by atoms with Crippen molar-refractivity contribution in [2.24, 2.45) is 0 Å². The van der Waals surface area contributed by atoms with E-state index in [9.17, 15) is 4.79 Å². The summed E-state index contributed by atoms with van der Waals surface area (Å²) in [5.74, 6) is 1.69. The van der Waals surface area contributed by atoms with Crippen LogP contribution in [0.5, 0.6) is 17.4 Å². The van der Waals surface area contributed by atoms with E-state index < -0.39 is 0 Å². The van der Waals surface area contributed by atoms with Crippen LogP contribution in [0, 0.1) is 0 Å². The molecule has 0 aliphatic carbocycles. The minimum atomic E-state index is -0.0953. The Morgan fingerprint density at radius 2 is 1.70 bits per heavy atom. The minimum Gasteiger partial charge on any atom is -0.490 e. The van der Waals surface area contributed by atoms with Crippen LogP contribution in [0.15, 0.2) is 79.0 Å². The topological polar surface area (TPSA) is 64.6 Å². The number of benzene rings is 2. The van der Waals surface area contributed by atoms with Gasteiger partial charge in [-0.3, -0.25) is 4.79 Å². The highest BCUT2D eigenvalue weighted by Crippen LogP contribution is 2.33. The zero-order chi connectivity index (χ0) is 22.5. The van der Waals surface area contributed by atoms with E-state index in [1.807, 2.05) is 71.6 Å². The van der Waals surface area contributed by atoms with Crippen molar-refractivity contribution in [3.63, 3.8) is 0 Å². The molecule has 0 fully saturated rings. The highest BCUT2D eigenvalue weighted by Gasteiger charge is 2.21. The van der Waals surface area contributed by atoms with Crippen LogP contribution < -0.4 is 9.47 Å². The second kappa shape index (κ2) is 9.69. The van der Waals surface area contributed by atoms with E-state index in [4.69, 9.17) is 9.47 Å². The Labute approximate surface area is 192 Å². The lowest BCUT2D eigenvalue weighted by Crippen LogP contribution is -2.32. The molecule has 0 unspecified atom stereocenters. The van der Waals surface area contributed by atoms with Crippen molar-refractivity contribution >= 4 is 16.8 Å². The molecule has 3 heterocycles. The van der Waals surface area contributed by atoms with Crippen molar-refractivity contribution in [2.45, 2.75) is 25.8 Å². The summed E-state index contributed by atoms with van der Waals surface area (Å²) in [5.41, 5.74) is 2.09. The van der Waals surface area contributed by atoms with Crippen LogP contribution >= 0.6 is 0 Å². The Morgan fingerprint density at radius 1 is 0.848 bits per heavy atom. The third-order valence-corrected chi connectivity index (χ3v) is 5.70. The van der Waals surface area contributed by atoms with Gasteiger partial charge in [0.25, 0.3) is 5.91 Å². The normalized spacial score (nSPS) is 14.5. The number of hydrogen-bond acceptors (Lipinski definition) is 5. The molecule has 33 heavy (non-hydrogen) atoms. The van der Waals surface area contributed by atoms with Gasteiger partial charge in [0.05, 0.1) is 18.7 Å².